The lowest BCUT2D eigenvalue weighted by Gasteiger charge is -2.25. The Bertz CT molecular complexity index is 1320. The second-order valence-electron chi connectivity index (χ2n) is 8.33. The van der Waals surface area contributed by atoms with Gasteiger partial charge in [0.15, 0.2) is 0 Å². The van der Waals surface area contributed by atoms with Crippen molar-refractivity contribution in [2.24, 2.45) is 0 Å². The third-order valence-corrected chi connectivity index (χ3v) is 6.78. The zero-order chi connectivity index (χ0) is 28.0. The minimum Gasteiger partial charge on any atom is -0.486 e. The highest BCUT2D eigenvalue weighted by atomic mass is 32.2. The Morgan fingerprint density at radius 3 is 2.28 bits per heavy atom. The zero-order valence-corrected chi connectivity index (χ0v) is 21.1. The van der Waals surface area contributed by atoms with Crippen LogP contribution in [0.3, 0.4) is 0 Å². The molecule has 206 valence electrons. The van der Waals surface area contributed by atoms with Crippen molar-refractivity contribution in [1.82, 2.24) is 9.88 Å². The molecule has 2 heterocycles. The normalized spacial score (nSPS) is 14.6. The molecule has 5 nitrogen and oxygen atoms in total. The van der Waals surface area contributed by atoms with Crippen molar-refractivity contribution in [2.75, 3.05) is 26.3 Å². The van der Waals surface area contributed by atoms with E-state index >= 15 is 0 Å². The van der Waals surface area contributed by atoms with E-state index in [4.69, 9.17) is 9.47 Å². The SMILES string of the molecule is O=C(C=Cc1ccc(Sc2ccccc2OCc2ccccn2)c(C(F)(F)F)c1C(F)(F)F)N1CCOCC1. The van der Waals surface area contributed by atoms with Crippen molar-refractivity contribution >= 4 is 23.7 Å². The van der Waals surface area contributed by atoms with E-state index in [1.165, 1.54) is 17.0 Å². The number of ether oxygens (including phenoxy) is 2. The number of pyridine rings is 1. The lowest BCUT2D eigenvalue weighted by atomic mass is 9.99. The van der Waals surface area contributed by atoms with Gasteiger partial charge in [-0.1, -0.05) is 36.0 Å². The van der Waals surface area contributed by atoms with Gasteiger partial charge in [-0.15, -0.1) is 0 Å². The third-order valence-electron chi connectivity index (χ3n) is 5.67. The standard InChI is InChI=1S/C27H22F6N2O3S/c28-26(29,30)24-18(9-11-23(36)35-13-15-37-16-14-35)8-10-22(25(24)27(31,32)33)39-21-7-2-1-6-20(21)38-17-19-5-3-4-12-34-19/h1-12H,13-17H2. The topological polar surface area (TPSA) is 51.7 Å². The van der Waals surface area contributed by atoms with Gasteiger partial charge in [0.1, 0.15) is 12.4 Å². The van der Waals surface area contributed by atoms with Crippen LogP contribution in [0.2, 0.25) is 0 Å². The van der Waals surface area contributed by atoms with Crippen LogP contribution >= 0.6 is 11.8 Å². The number of carbonyl (C=O) groups is 1. The van der Waals surface area contributed by atoms with Crippen LogP contribution in [0, 0.1) is 0 Å². The highest BCUT2D eigenvalue weighted by Crippen LogP contribution is 2.49. The number of halogens is 6. The minimum atomic E-state index is -5.35. The number of morpholine rings is 1. The second-order valence-corrected chi connectivity index (χ2v) is 9.41. The van der Waals surface area contributed by atoms with Crippen molar-refractivity contribution in [2.45, 2.75) is 28.8 Å². The molecule has 0 radical (unpaired) electrons. The average Bonchev–Trinajstić information content (AvgIpc) is 2.91. The van der Waals surface area contributed by atoms with Crippen molar-refractivity contribution in [1.29, 1.82) is 0 Å². The molecule has 0 bridgehead atoms. The first-order valence-corrected chi connectivity index (χ1v) is 12.5. The summed E-state index contributed by atoms with van der Waals surface area (Å²) in [5.74, 6) is -0.424. The molecule has 4 rings (SSSR count). The van der Waals surface area contributed by atoms with Crippen molar-refractivity contribution in [3.05, 3.63) is 89.3 Å². The predicted octanol–water partition coefficient (Wildman–Crippen LogP) is 6.72. The molecule has 0 saturated carbocycles. The number of hydrogen-bond donors (Lipinski definition) is 0. The first-order chi connectivity index (χ1) is 18.5. The van der Waals surface area contributed by atoms with E-state index in [0.717, 1.165) is 24.3 Å². The van der Waals surface area contributed by atoms with Gasteiger partial charge < -0.3 is 14.4 Å². The second kappa shape index (κ2) is 12.1. The maximum Gasteiger partial charge on any atom is 0.418 e. The number of amides is 1. The molecule has 0 spiro atoms. The van der Waals surface area contributed by atoms with Gasteiger partial charge in [0.25, 0.3) is 0 Å². The van der Waals surface area contributed by atoms with Crippen LogP contribution in [0.25, 0.3) is 6.08 Å². The van der Waals surface area contributed by atoms with Gasteiger partial charge in [-0.05, 0) is 42.0 Å². The van der Waals surface area contributed by atoms with E-state index in [2.05, 4.69) is 4.98 Å². The maximum absolute atomic E-state index is 14.2. The molecule has 0 atom stereocenters. The molecule has 12 heteroatoms. The smallest absolute Gasteiger partial charge is 0.418 e. The van der Waals surface area contributed by atoms with Crippen LogP contribution in [0.5, 0.6) is 5.75 Å². The minimum absolute atomic E-state index is 0.0131. The van der Waals surface area contributed by atoms with E-state index in [1.807, 2.05) is 0 Å². The third kappa shape index (κ3) is 7.33. The van der Waals surface area contributed by atoms with Crippen LogP contribution in [-0.2, 0) is 28.5 Å². The number of hydrogen-bond acceptors (Lipinski definition) is 5. The monoisotopic (exact) mass is 568 g/mol. The number of benzene rings is 2. The molecular formula is C27H22F6N2O3S. The van der Waals surface area contributed by atoms with E-state index < -0.39 is 39.8 Å². The number of rotatable bonds is 7. The molecule has 0 unspecified atom stereocenters. The Balaban J connectivity index is 1.70. The van der Waals surface area contributed by atoms with Gasteiger partial charge in [0.2, 0.25) is 5.91 Å². The summed E-state index contributed by atoms with van der Waals surface area (Å²) in [7, 11) is 0. The molecule has 3 aromatic rings. The Morgan fingerprint density at radius 1 is 0.923 bits per heavy atom. The number of alkyl halides is 6. The highest BCUT2D eigenvalue weighted by Gasteiger charge is 2.46. The maximum atomic E-state index is 14.2. The summed E-state index contributed by atoms with van der Waals surface area (Å²) in [5, 5.41) is 0. The lowest BCUT2D eigenvalue weighted by molar-refractivity contribution is -0.163. The molecule has 2 aromatic carbocycles. The fourth-order valence-corrected chi connectivity index (χ4v) is 4.94. The summed E-state index contributed by atoms with van der Waals surface area (Å²) in [6.45, 7) is 1.02. The van der Waals surface area contributed by atoms with E-state index in [1.54, 1.807) is 36.5 Å². The van der Waals surface area contributed by atoms with Gasteiger partial charge in [-0.2, -0.15) is 26.3 Å². The Kier molecular flexibility index (Phi) is 8.86. The van der Waals surface area contributed by atoms with Gasteiger partial charge in [0, 0.05) is 30.3 Å². The van der Waals surface area contributed by atoms with Crippen molar-refractivity contribution < 1.29 is 40.6 Å². The molecular weight excluding hydrogens is 546 g/mol. The lowest BCUT2D eigenvalue weighted by Crippen LogP contribution is -2.39. The van der Waals surface area contributed by atoms with E-state index in [-0.39, 0.29) is 43.6 Å². The highest BCUT2D eigenvalue weighted by molar-refractivity contribution is 7.99. The van der Waals surface area contributed by atoms with Gasteiger partial charge >= 0.3 is 12.4 Å². The average molecular weight is 569 g/mol. The number of nitrogens with zero attached hydrogens (tertiary/aromatic N) is 2. The fraction of sp³-hybridized carbons (Fsp3) is 0.259. The predicted molar refractivity (Wildman–Crippen MR) is 132 cm³/mol. The number of aromatic nitrogens is 1. The molecule has 1 fully saturated rings. The Morgan fingerprint density at radius 2 is 1.62 bits per heavy atom. The molecule has 1 aliphatic rings. The summed E-state index contributed by atoms with van der Waals surface area (Å²) in [5.41, 5.74) is -3.89. The first-order valence-electron chi connectivity index (χ1n) is 11.7. The quantitative estimate of drug-likeness (QED) is 0.234. The molecule has 0 N–H and O–H groups in total. The van der Waals surface area contributed by atoms with Gasteiger partial charge in [-0.3, -0.25) is 9.78 Å². The van der Waals surface area contributed by atoms with Crippen LogP contribution in [0.1, 0.15) is 22.4 Å². The zero-order valence-electron chi connectivity index (χ0n) is 20.3. The molecule has 1 aliphatic heterocycles. The first kappa shape index (κ1) is 28.5. The van der Waals surface area contributed by atoms with Crippen LogP contribution in [0.15, 0.2) is 76.7 Å². The van der Waals surface area contributed by atoms with Gasteiger partial charge in [-0.25, -0.2) is 0 Å². The molecule has 1 amide bonds. The van der Waals surface area contributed by atoms with Crippen LogP contribution < -0.4 is 4.74 Å². The summed E-state index contributed by atoms with van der Waals surface area (Å²) in [4.78, 5) is 17.4. The molecule has 39 heavy (non-hydrogen) atoms. The summed E-state index contributed by atoms with van der Waals surface area (Å²) >= 11 is 0.510. The van der Waals surface area contributed by atoms with Gasteiger partial charge in [0.05, 0.1) is 34.9 Å². The van der Waals surface area contributed by atoms with E-state index in [0.29, 0.717) is 17.5 Å². The van der Waals surface area contributed by atoms with Crippen molar-refractivity contribution in [3.8, 4) is 5.75 Å². The van der Waals surface area contributed by atoms with Crippen LogP contribution in [0.4, 0.5) is 26.3 Å². The fourth-order valence-electron chi connectivity index (χ4n) is 3.87. The molecule has 1 aromatic heterocycles. The summed E-state index contributed by atoms with van der Waals surface area (Å²) in [6, 6.07) is 13.2. The largest absolute Gasteiger partial charge is 0.486 e. The van der Waals surface area contributed by atoms with Crippen molar-refractivity contribution in [3.63, 3.8) is 0 Å². The summed E-state index contributed by atoms with van der Waals surface area (Å²) in [6.07, 6.45) is -7.51. The Hall–Kier alpha value is -3.51. The number of para-hydroxylation sites is 1. The molecule has 1 saturated heterocycles. The Labute approximate surface area is 224 Å². The van der Waals surface area contributed by atoms with E-state index in [9.17, 15) is 31.1 Å². The van der Waals surface area contributed by atoms with Crippen LogP contribution in [-0.4, -0.2) is 42.1 Å². The number of carbonyl (C=O) groups excluding carboxylic acids is 1. The molecule has 0 aliphatic carbocycles. The summed E-state index contributed by atoms with van der Waals surface area (Å²) < 4.78 is 95.9.